The van der Waals surface area contributed by atoms with Gasteiger partial charge in [0.2, 0.25) is 0 Å². The van der Waals surface area contributed by atoms with Gasteiger partial charge in [0.15, 0.2) is 11.5 Å². The maximum Gasteiger partial charge on any atom is 0.255 e. The number of nitrogens with zero attached hydrogens (tertiary/aromatic N) is 5. The van der Waals surface area contributed by atoms with Crippen molar-refractivity contribution in [3.63, 3.8) is 0 Å². The molecule has 10 nitrogen and oxygen atoms in total. The molecule has 3 N–H and O–H groups in total. The Morgan fingerprint density at radius 1 is 0.829 bits per heavy atom. The van der Waals surface area contributed by atoms with Crippen molar-refractivity contribution in [2.24, 2.45) is 0 Å². The Morgan fingerprint density at radius 2 is 1.71 bits per heavy atom. The molecule has 10 heteroatoms. The van der Waals surface area contributed by atoms with E-state index in [4.69, 9.17) is 14.7 Å². The molecule has 0 radical (unpaired) electrons. The number of pyridine rings is 3. The van der Waals surface area contributed by atoms with Crippen molar-refractivity contribution in [1.82, 2.24) is 35.1 Å². The molecule has 1 amide bonds. The fourth-order valence-corrected chi connectivity index (χ4v) is 4.70. The molecule has 41 heavy (non-hydrogen) atoms. The topological polar surface area (TPSA) is 134 Å². The summed E-state index contributed by atoms with van der Waals surface area (Å²) in [5.74, 6) is 1.10. The zero-order valence-corrected chi connectivity index (χ0v) is 21.8. The molecule has 0 saturated carbocycles. The van der Waals surface area contributed by atoms with Crippen LogP contribution in [0.1, 0.15) is 10.4 Å². The molecule has 0 saturated heterocycles. The van der Waals surface area contributed by atoms with E-state index in [1.807, 2.05) is 66.7 Å². The lowest BCUT2D eigenvalue weighted by atomic mass is 10.1. The first-order chi connectivity index (χ1) is 20.2. The van der Waals surface area contributed by atoms with E-state index in [2.05, 4.69) is 30.5 Å². The van der Waals surface area contributed by atoms with Crippen LogP contribution >= 0.6 is 0 Å². The number of hydrogen-bond donors (Lipinski definition) is 3. The molecule has 0 unspecified atom stereocenters. The van der Waals surface area contributed by atoms with Gasteiger partial charge in [0.05, 0.1) is 41.4 Å². The number of imidazole rings is 1. The SMILES string of the molecule is COc1cccc(-c2nccc3[nH]c(-c4n[nH]c5ccc(-c6cncc(NC(=O)c7ccccc7)c6)nc45)nc23)c1. The molecular formula is C31H22N8O2. The normalized spacial score (nSPS) is 11.1. The van der Waals surface area contributed by atoms with Crippen molar-refractivity contribution in [1.29, 1.82) is 0 Å². The minimum atomic E-state index is -0.210. The number of anilines is 1. The zero-order valence-electron chi connectivity index (χ0n) is 21.8. The lowest BCUT2D eigenvalue weighted by Gasteiger charge is -2.07. The number of amides is 1. The number of hydrogen-bond acceptors (Lipinski definition) is 7. The second kappa shape index (κ2) is 10.0. The number of carbonyl (C=O) groups is 1. The predicted octanol–water partition coefficient (Wildman–Crippen LogP) is 5.89. The highest BCUT2D eigenvalue weighted by Gasteiger charge is 2.18. The number of rotatable bonds is 6. The van der Waals surface area contributed by atoms with Gasteiger partial charge in [-0.25, -0.2) is 9.97 Å². The number of carbonyl (C=O) groups excluding carboxylic acids is 1. The molecule has 0 atom stereocenters. The molecule has 5 aromatic heterocycles. The quantitative estimate of drug-likeness (QED) is 0.240. The highest BCUT2D eigenvalue weighted by atomic mass is 16.5. The smallest absolute Gasteiger partial charge is 0.255 e. The Bertz CT molecular complexity index is 2050. The third-order valence-corrected chi connectivity index (χ3v) is 6.70. The van der Waals surface area contributed by atoms with Gasteiger partial charge < -0.3 is 15.0 Å². The third kappa shape index (κ3) is 4.53. The van der Waals surface area contributed by atoms with Crippen LogP contribution in [0.15, 0.2) is 97.5 Å². The van der Waals surface area contributed by atoms with Crippen LogP contribution in [0.4, 0.5) is 5.69 Å². The van der Waals surface area contributed by atoms with Gasteiger partial charge in [-0.2, -0.15) is 5.10 Å². The molecule has 2 aromatic carbocycles. The van der Waals surface area contributed by atoms with Gasteiger partial charge in [0.1, 0.15) is 16.8 Å². The molecule has 0 spiro atoms. The van der Waals surface area contributed by atoms with E-state index in [0.29, 0.717) is 39.5 Å². The molecule has 0 fully saturated rings. The monoisotopic (exact) mass is 538 g/mol. The van der Waals surface area contributed by atoms with Crippen molar-refractivity contribution in [2.75, 3.05) is 12.4 Å². The van der Waals surface area contributed by atoms with Crippen molar-refractivity contribution >= 4 is 33.7 Å². The number of aromatic amines is 2. The molecule has 198 valence electrons. The highest BCUT2D eigenvalue weighted by Crippen LogP contribution is 2.32. The molecule has 0 aliphatic carbocycles. The first kappa shape index (κ1) is 24.2. The molecule has 0 aliphatic rings. The van der Waals surface area contributed by atoms with E-state index in [9.17, 15) is 4.79 Å². The van der Waals surface area contributed by atoms with Gasteiger partial charge in [-0.15, -0.1) is 0 Å². The predicted molar refractivity (Wildman–Crippen MR) is 156 cm³/mol. The van der Waals surface area contributed by atoms with Crippen LogP contribution in [0.3, 0.4) is 0 Å². The van der Waals surface area contributed by atoms with Crippen LogP contribution in [0.5, 0.6) is 5.75 Å². The fraction of sp³-hybridized carbons (Fsp3) is 0.0323. The van der Waals surface area contributed by atoms with Gasteiger partial charge in [-0.3, -0.25) is 19.9 Å². The van der Waals surface area contributed by atoms with E-state index in [0.717, 1.165) is 33.6 Å². The summed E-state index contributed by atoms with van der Waals surface area (Å²) in [6.45, 7) is 0. The second-order valence-corrected chi connectivity index (χ2v) is 9.32. The van der Waals surface area contributed by atoms with Crippen LogP contribution in [0.2, 0.25) is 0 Å². The Hall–Kier alpha value is -5.90. The maximum absolute atomic E-state index is 12.6. The average Bonchev–Trinajstić information content (AvgIpc) is 3.65. The van der Waals surface area contributed by atoms with Crippen LogP contribution in [-0.2, 0) is 0 Å². The average molecular weight is 539 g/mol. The van der Waals surface area contributed by atoms with Crippen molar-refractivity contribution in [2.45, 2.75) is 0 Å². The summed E-state index contributed by atoms with van der Waals surface area (Å²) in [4.78, 5) is 34.7. The number of benzene rings is 2. The molecule has 7 rings (SSSR count). The van der Waals surface area contributed by atoms with Gasteiger partial charge in [0, 0.05) is 29.1 Å². The number of H-pyrrole nitrogens is 2. The van der Waals surface area contributed by atoms with Gasteiger partial charge in [-0.05, 0) is 48.5 Å². The van der Waals surface area contributed by atoms with Crippen molar-refractivity contribution in [3.05, 3.63) is 103 Å². The first-order valence-electron chi connectivity index (χ1n) is 12.8. The third-order valence-electron chi connectivity index (χ3n) is 6.70. The molecule has 5 heterocycles. The van der Waals surface area contributed by atoms with E-state index in [-0.39, 0.29) is 5.91 Å². The molecule has 0 bridgehead atoms. The standard InChI is InChI=1S/C31H22N8O2/c1-41-22-9-5-8-19(15-22)26-27-24(12-13-33-26)36-30(37-27)29-28-25(38-39-29)11-10-23(35-28)20-14-21(17-32-16-20)34-31(40)18-6-3-2-4-7-18/h2-17H,1H3,(H,34,40)(H,36,37)(H,38,39). The Balaban J connectivity index is 1.25. The maximum atomic E-state index is 12.6. The number of ether oxygens (including phenoxy) is 1. The summed E-state index contributed by atoms with van der Waals surface area (Å²) in [7, 11) is 1.64. The second-order valence-electron chi connectivity index (χ2n) is 9.32. The molecular weight excluding hydrogens is 516 g/mol. The highest BCUT2D eigenvalue weighted by molar-refractivity contribution is 6.04. The van der Waals surface area contributed by atoms with E-state index >= 15 is 0 Å². The number of methoxy groups -OCH3 is 1. The van der Waals surface area contributed by atoms with Crippen LogP contribution in [-0.4, -0.2) is 48.1 Å². The van der Waals surface area contributed by atoms with Crippen molar-refractivity contribution in [3.8, 4) is 39.8 Å². The van der Waals surface area contributed by atoms with E-state index in [1.54, 1.807) is 37.8 Å². The summed E-state index contributed by atoms with van der Waals surface area (Å²) < 4.78 is 5.39. The van der Waals surface area contributed by atoms with Crippen LogP contribution < -0.4 is 10.1 Å². The van der Waals surface area contributed by atoms with Crippen LogP contribution in [0.25, 0.3) is 56.1 Å². The zero-order chi connectivity index (χ0) is 27.8. The van der Waals surface area contributed by atoms with E-state index in [1.165, 1.54) is 0 Å². The Labute approximate surface area is 233 Å². The van der Waals surface area contributed by atoms with E-state index < -0.39 is 0 Å². The molecule has 0 aliphatic heterocycles. The van der Waals surface area contributed by atoms with Gasteiger partial charge >= 0.3 is 0 Å². The largest absolute Gasteiger partial charge is 0.497 e. The first-order valence-corrected chi connectivity index (χ1v) is 12.8. The lowest BCUT2D eigenvalue weighted by molar-refractivity contribution is 0.102. The number of nitrogens with one attached hydrogen (secondary N) is 3. The number of fused-ring (bicyclic) bond motifs is 2. The minimum absolute atomic E-state index is 0.210. The van der Waals surface area contributed by atoms with Gasteiger partial charge in [0.25, 0.3) is 5.91 Å². The summed E-state index contributed by atoms with van der Waals surface area (Å²) in [6, 6.07) is 24.3. The lowest BCUT2D eigenvalue weighted by Crippen LogP contribution is -2.11. The van der Waals surface area contributed by atoms with Crippen LogP contribution in [0, 0.1) is 0 Å². The summed E-state index contributed by atoms with van der Waals surface area (Å²) in [5.41, 5.74) is 7.73. The Morgan fingerprint density at radius 3 is 2.59 bits per heavy atom. The molecule has 7 aromatic rings. The minimum Gasteiger partial charge on any atom is -0.497 e. The summed E-state index contributed by atoms with van der Waals surface area (Å²) in [5, 5.41) is 10.5. The Kier molecular flexibility index (Phi) is 5.90. The fourth-order valence-electron chi connectivity index (χ4n) is 4.70. The van der Waals surface area contributed by atoms with Crippen molar-refractivity contribution < 1.29 is 9.53 Å². The summed E-state index contributed by atoms with van der Waals surface area (Å²) >= 11 is 0. The number of aromatic nitrogens is 7. The summed E-state index contributed by atoms with van der Waals surface area (Å²) in [6.07, 6.45) is 5.06. The van der Waals surface area contributed by atoms with Gasteiger partial charge in [-0.1, -0.05) is 30.3 Å².